The van der Waals surface area contributed by atoms with Gasteiger partial charge >= 0.3 is 0 Å². The average molecular weight is 421 g/mol. The van der Waals surface area contributed by atoms with Gasteiger partial charge in [-0.05, 0) is 37.6 Å². The number of nitro benzene ring substituents is 1. The summed E-state index contributed by atoms with van der Waals surface area (Å²) in [5, 5.41) is 13.7. The van der Waals surface area contributed by atoms with E-state index in [1.165, 1.54) is 25.1 Å². The fourth-order valence-electron chi connectivity index (χ4n) is 2.76. The molecule has 0 spiro atoms. The number of nitro groups is 1. The second-order valence-corrected chi connectivity index (χ2v) is 8.17. The summed E-state index contributed by atoms with van der Waals surface area (Å²) in [6.07, 6.45) is 0.946. The molecule has 2 aromatic rings. The van der Waals surface area contributed by atoms with Crippen LogP contribution in [0.2, 0.25) is 0 Å². The van der Waals surface area contributed by atoms with Crippen LogP contribution in [0.5, 0.6) is 5.75 Å². The SMILES string of the molecule is CCOc1ccc(CNC(=O)C(C)N(c2cccc([N+](=O)[O-])c2)S(C)(=O)=O)cc1. The van der Waals surface area contributed by atoms with Gasteiger partial charge < -0.3 is 10.1 Å². The van der Waals surface area contributed by atoms with Gasteiger partial charge in [-0.2, -0.15) is 0 Å². The van der Waals surface area contributed by atoms with Crippen LogP contribution in [0.3, 0.4) is 0 Å². The molecule has 0 radical (unpaired) electrons. The van der Waals surface area contributed by atoms with E-state index in [-0.39, 0.29) is 17.9 Å². The van der Waals surface area contributed by atoms with Crippen LogP contribution in [0.15, 0.2) is 48.5 Å². The molecule has 156 valence electrons. The summed E-state index contributed by atoms with van der Waals surface area (Å²) in [5.41, 5.74) is 0.596. The smallest absolute Gasteiger partial charge is 0.271 e. The minimum absolute atomic E-state index is 0.0467. The molecule has 0 fully saturated rings. The van der Waals surface area contributed by atoms with Crippen molar-refractivity contribution in [1.29, 1.82) is 0 Å². The first-order valence-electron chi connectivity index (χ1n) is 8.86. The van der Waals surface area contributed by atoms with Crippen molar-refractivity contribution >= 4 is 27.3 Å². The molecule has 0 saturated heterocycles. The number of carbonyl (C=O) groups excluding carboxylic acids is 1. The summed E-state index contributed by atoms with van der Waals surface area (Å²) in [6.45, 7) is 4.05. The van der Waals surface area contributed by atoms with Crippen molar-refractivity contribution in [3.63, 3.8) is 0 Å². The quantitative estimate of drug-likeness (QED) is 0.491. The molecule has 2 aromatic carbocycles. The molecule has 1 N–H and O–H groups in total. The lowest BCUT2D eigenvalue weighted by Gasteiger charge is -2.28. The highest BCUT2D eigenvalue weighted by molar-refractivity contribution is 7.92. The van der Waals surface area contributed by atoms with Gasteiger partial charge in [-0.25, -0.2) is 8.42 Å². The number of sulfonamides is 1. The molecule has 9 nitrogen and oxygen atoms in total. The normalized spacial score (nSPS) is 12.1. The predicted octanol–water partition coefficient (Wildman–Crippen LogP) is 2.46. The third-order valence-corrected chi connectivity index (χ3v) is 5.33. The Balaban J connectivity index is 2.16. The van der Waals surface area contributed by atoms with E-state index < -0.39 is 26.9 Å². The maximum absolute atomic E-state index is 12.6. The minimum atomic E-state index is -3.87. The van der Waals surface area contributed by atoms with Crippen LogP contribution in [0, 0.1) is 10.1 Å². The predicted molar refractivity (Wildman–Crippen MR) is 109 cm³/mol. The third kappa shape index (κ3) is 5.92. The van der Waals surface area contributed by atoms with Crippen molar-refractivity contribution in [2.24, 2.45) is 0 Å². The average Bonchev–Trinajstić information content (AvgIpc) is 2.66. The Morgan fingerprint density at radius 2 is 1.90 bits per heavy atom. The molecular formula is C19H23N3O6S. The van der Waals surface area contributed by atoms with Gasteiger partial charge in [0.2, 0.25) is 15.9 Å². The first-order chi connectivity index (χ1) is 13.6. The number of nitrogens with one attached hydrogen (secondary N) is 1. The van der Waals surface area contributed by atoms with Crippen LogP contribution in [-0.4, -0.2) is 38.2 Å². The van der Waals surface area contributed by atoms with Crippen LogP contribution in [-0.2, 0) is 21.4 Å². The zero-order valence-electron chi connectivity index (χ0n) is 16.4. The molecule has 1 amide bonds. The zero-order chi connectivity index (χ0) is 21.6. The Labute approximate surface area is 169 Å². The Bertz CT molecular complexity index is 976. The number of carbonyl (C=O) groups is 1. The molecule has 0 aliphatic carbocycles. The van der Waals surface area contributed by atoms with Crippen LogP contribution in [0.4, 0.5) is 11.4 Å². The van der Waals surface area contributed by atoms with E-state index in [9.17, 15) is 23.3 Å². The summed E-state index contributed by atoms with van der Waals surface area (Å²) >= 11 is 0. The number of non-ortho nitro benzene ring substituents is 1. The second kappa shape index (κ2) is 9.37. The van der Waals surface area contributed by atoms with Gasteiger partial charge in [0.25, 0.3) is 5.69 Å². The van der Waals surface area contributed by atoms with Crippen molar-refractivity contribution in [3.8, 4) is 5.75 Å². The summed E-state index contributed by atoms with van der Waals surface area (Å²) < 4.78 is 30.8. The van der Waals surface area contributed by atoms with E-state index in [1.54, 1.807) is 24.3 Å². The largest absolute Gasteiger partial charge is 0.494 e. The summed E-state index contributed by atoms with van der Waals surface area (Å²) in [4.78, 5) is 23.0. The number of anilines is 1. The summed E-state index contributed by atoms with van der Waals surface area (Å²) in [7, 11) is -3.87. The first kappa shape index (κ1) is 22.2. The number of benzene rings is 2. The standard InChI is InChI=1S/C19H23N3O6S/c1-4-28-18-10-8-15(9-11-18)13-20-19(23)14(2)21(29(3,26)27)16-6-5-7-17(12-16)22(24)25/h5-12,14H,4,13H2,1-3H3,(H,20,23). The molecular weight excluding hydrogens is 398 g/mol. The number of hydrogen-bond donors (Lipinski definition) is 1. The van der Waals surface area contributed by atoms with E-state index in [0.717, 1.165) is 22.2 Å². The van der Waals surface area contributed by atoms with E-state index in [4.69, 9.17) is 4.74 Å². The Morgan fingerprint density at radius 1 is 1.24 bits per heavy atom. The van der Waals surface area contributed by atoms with Crippen LogP contribution < -0.4 is 14.4 Å². The first-order valence-corrected chi connectivity index (χ1v) is 10.7. The van der Waals surface area contributed by atoms with Crippen LogP contribution in [0.25, 0.3) is 0 Å². The van der Waals surface area contributed by atoms with Gasteiger partial charge in [0.15, 0.2) is 0 Å². The van der Waals surface area contributed by atoms with E-state index in [1.807, 2.05) is 6.92 Å². The maximum atomic E-state index is 12.6. The highest BCUT2D eigenvalue weighted by atomic mass is 32.2. The highest BCUT2D eigenvalue weighted by Gasteiger charge is 2.29. The summed E-state index contributed by atoms with van der Waals surface area (Å²) in [5.74, 6) is 0.181. The molecule has 0 heterocycles. The van der Waals surface area contributed by atoms with Crippen molar-refractivity contribution in [1.82, 2.24) is 5.32 Å². The van der Waals surface area contributed by atoms with E-state index in [2.05, 4.69) is 5.32 Å². The van der Waals surface area contributed by atoms with Gasteiger partial charge in [0.1, 0.15) is 11.8 Å². The molecule has 0 aliphatic heterocycles. The molecule has 0 saturated carbocycles. The zero-order valence-corrected chi connectivity index (χ0v) is 17.2. The van der Waals surface area contributed by atoms with Crippen molar-refractivity contribution in [2.45, 2.75) is 26.4 Å². The summed E-state index contributed by atoms with van der Waals surface area (Å²) in [6, 6.07) is 11.2. The minimum Gasteiger partial charge on any atom is -0.494 e. The van der Waals surface area contributed by atoms with E-state index in [0.29, 0.717) is 12.4 Å². The molecule has 1 atom stereocenters. The van der Waals surface area contributed by atoms with Gasteiger partial charge in [0.05, 0.1) is 23.5 Å². The van der Waals surface area contributed by atoms with Gasteiger partial charge in [-0.15, -0.1) is 0 Å². The Hall–Kier alpha value is -3.14. The Kier molecular flexibility index (Phi) is 7.16. The highest BCUT2D eigenvalue weighted by Crippen LogP contribution is 2.25. The third-order valence-electron chi connectivity index (χ3n) is 4.08. The molecule has 10 heteroatoms. The topological polar surface area (TPSA) is 119 Å². The lowest BCUT2D eigenvalue weighted by atomic mass is 10.2. The monoisotopic (exact) mass is 421 g/mol. The molecule has 2 rings (SSSR count). The van der Waals surface area contributed by atoms with Crippen molar-refractivity contribution < 1.29 is 22.9 Å². The van der Waals surface area contributed by atoms with Gasteiger partial charge in [-0.1, -0.05) is 18.2 Å². The van der Waals surface area contributed by atoms with Crippen molar-refractivity contribution in [2.75, 3.05) is 17.2 Å². The lowest BCUT2D eigenvalue weighted by molar-refractivity contribution is -0.384. The fourth-order valence-corrected chi connectivity index (χ4v) is 3.93. The molecule has 29 heavy (non-hydrogen) atoms. The van der Waals surface area contributed by atoms with Gasteiger partial charge in [0, 0.05) is 18.7 Å². The van der Waals surface area contributed by atoms with E-state index >= 15 is 0 Å². The number of hydrogen-bond acceptors (Lipinski definition) is 6. The van der Waals surface area contributed by atoms with Gasteiger partial charge in [-0.3, -0.25) is 19.2 Å². The number of nitrogens with zero attached hydrogens (tertiary/aromatic N) is 2. The molecule has 0 aliphatic rings. The second-order valence-electron chi connectivity index (χ2n) is 6.31. The molecule has 0 bridgehead atoms. The molecule has 1 unspecified atom stereocenters. The fraction of sp³-hybridized carbons (Fsp3) is 0.316. The van der Waals surface area contributed by atoms with Crippen LogP contribution >= 0.6 is 0 Å². The van der Waals surface area contributed by atoms with Crippen molar-refractivity contribution in [3.05, 3.63) is 64.2 Å². The lowest BCUT2D eigenvalue weighted by Crippen LogP contribution is -2.47. The molecule has 0 aromatic heterocycles. The number of amides is 1. The number of rotatable bonds is 9. The maximum Gasteiger partial charge on any atom is 0.271 e. The Morgan fingerprint density at radius 3 is 2.45 bits per heavy atom. The number of ether oxygens (including phenoxy) is 1. The van der Waals surface area contributed by atoms with Crippen LogP contribution in [0.1, 0.15) is 19.4 Å².